The maximum atomic E-state index is 12.8. The topological polar surface area (TPSA) is 42.1 Å². The van der Waals surface area contributed by atoms with Gasteiger partial charge in [0.2, 0.25) is 0 Å². The highest BCUT2D eigenvalue weighted by Crippen LogP contribution is 2.35. The van der Waals surface area contributed by atoms with Gasteiger partial charge >= 0.3 is 6.18 Å². The molecule has 1 fully saturated rings. The number of nitrogens with zero attached hydrogens (tertiary/aromatic N) is 2. The molecule has 1 aliphatic carbocycles. The first-order valence-corrected chi connectivity index (χ1v) is 6.39. The van der Waals surface area contributed by atoms with Gasteiger partial charge in [-0.3, -0.25) is 0 Å². The zero-order valence-electron chi connectivity index (χ0n) is 11.0. The van der Waals surface area contributed by atoms with E-state index in [0.717, 1.165) is 31.5 Å². The average molecular weight is 273 g/mol. The van der Waals surface area contributed by atoms with Gasteiger partial charge in [-0.15, -0.1) is 0 Å². The summed E-state index contributed by atoms with van der Waals surface area (Å²) in [5.74, 6) is 0.792. The fourth-order valence-corrected chi connectivity index (χ4v) is 2.00. The molecule has 0 aliphatic heterocycles. The van der Waals surface area contributed by atoms with Crippen molar-refractivity contribution in [2.24, 2.45) is 5.92 Å². The Balaban J connectivity index is 2.32. The van der Waals surface area contributed by atoms with E-state index in [1.165, 1.54) is 0 Å². The van der Waals surface area contributed by atoms with Gasteiger partial charge in [-0.1, -0.05) is 0 Å². The van der Waals surface area contributed by atoms with Gasteiger partial charge in [-0.2, -0.15) is 13.2 Å². The summed E-state index contributed by atoms with van der Waals surface area (Å²) in [4.78, 5) is 5.95. The molecule has 1 saturated carbocycles. The van der Waals surface area contributed by atoms with Gasteiger partial charge in [0.1, 0.15) is 11.6 Å². The smallest absolute Gasteiger partial charge is 0.384 e. The van der Waals surface area contributed by atoms with Crippen molar-refractivity contribution in [3.63, 3.8) is 0 Å². The highest BCUT2D eigenvalue weighted by atomic mass is 19.4. The molecule has 0 aromatic carbocycles. The van der Waals surface area contributed by atoms with E-state index >= 15 is 0 Å². The number of alkyl halides is 3. The third-order valence-corrected chi connectivity index (χ3v) is 3.23. The normalized spacial score (nSPS) is 15.9. The van der Waals surface area contributed by atoms with Gasteiger partial charge in [0.25, 0.3) is 0 Å². The van der Waals surface area contributed by atoms with Crippen molar-refractivity contribution in [1.82, 2.24) is 4.98 Å². The molecule has 1 aromatic heterocycles. The highest BCUT2D eigenvalue weighted by molar-refractivity contribution is 5.50. The van der Waals surface area contributed by atoms with E-state index in [0.29, 0.717) is 11.7 Å². The van der Waals surface area contributed by atoms with Crippen LogP contribution in [-0.4, -0.2) is 17.6 Å². The summed E-state index contributed by atoms with van der Waals surface area (Å²) in [6, 6.07) is 2.05. The lowest BCUT2D eigenvalue weighted by Crippen LogP contribution is -2.33. The first kappa shape index (κ1) is 14.0. The molecule has 0 unspecified atom stereocenters. The minimum Gasteiger partial charge on any atom is -0.384 e. The van der Waals surface area contributed by atoms with Gasteiger partial charge in [-0.25, -0.2) is 4.98 Å². The lowest BCUT2D eigenvalue weighted by Gasteiger charge is -2.28. The first-order valence-electron chi connectivity index (χ1n) is 6.39. The van der Waals surface area contributed by atoms with Crippen molar-refractivity contribution in [3.05, 3.63) is 17.7 Å². The Bertz CT molecular complexity index is 453. The zero-order chi connectivity index (χ0) is 14.2. The second-order valence-corrected chi connectivity index (χ2v) is 5.33. The van der Waals surface area contributed by atoms with E-state index in [2.05, 4.69) is 4.98 Å². The molecule has 3 nitrogen and oxygen atoms in total. The van der Waals surface area contributed by atoms with Gasteiger partial charge in [0.15, 0.2) is 0 Å². The minimum atomic E-state index is -4.39. The molecule has 0 spiro atoms. The molecule has 0 bridgehead atoms. The summed E-state index contributed by atoms with van der Waals surface area (Å²) in [6.45, 7) is 4.63. The number of anilines is 2. The minimum absolute atomic E-state index is 0.0914. The van der Waals surface area contributed by atoms with Crippen LogP contribution in [0.25, 0.3) is 0 Å². The van der Waals surface area contributed by atoms with Gasteiger partial charge in [0.05, 0.1) is 5.56 Å². The number of halogens is 3. The summed E-state index contributed by atoms with van der Waals surface area (Å²) in [7, 11) is 0. The largest absolute Gasteiger partial charge is 0.416 e. The van der Waals surface area contributed by atoms with Crippen LogP contribution >= 0.6 is 0 Å². The second-order valence-electron chi connectivity index (χ2n) is 5.33. The van der Waals surface area contributed by atoms with Crippen LogP contribution in [0.15, 0.2) is 12.1 Å². The van der Waals surface area contributed by atoms with E-state index in [1.54, 1.807) is 0 Å². The lowest BCUT2D eigenvalue weighted by molar-refractivity contribution is -0.137. The maximum Gasteiger partial charge on any atom is 0.416 e. The van der Waals surface area contributed by atoms with E-state index in [1.807, 2.05) is 18.7 Å². The molecule has 0 radical (unpaired) electrons. The summed E-state index contributed by atoms with van der Waals surface area (Å²) in [5.41, 5.74) is 4.76. The van der Waals surface area contributed by atoms with E-state index < -0.39 is 11.7 Å². The second kappa shape index (κ2) is 4.90. The molecule has 1 aromatic rings. The van der Waals surface area contributed by atoms with E-state index in [4.69, 9.17) is 5.73 Å². The Morgan fingerprint density at radius 1 is 1.37 bits per heavy atom. The van der Waals surface area contributed by atoms with Crippen molar-refractivity contribution in [3.8, 4) is 0 Å². The average Bonchev–Trinajstić information content (AvgIpc) is 3.07. The summed E-state index contributed by atoms with van der Waals surface area (Å²) >= 11 is 0. The van der Waals surface area contributed by atoms with Crippen molar-refractivity contribution in [2.45, 2.75) is 38.9 Å². The Hall–Kier alpha value is -1.46. The van der Waals surface area contributed by atoms with Crippen LogP contribution < -0.4 is 10.6 Å². The van der Waals surface area contributed by atoms with Crippen LogP contribution in [0.5, 0.6) is 0 Å². The number of hydrogen-bond acceptors (Lipinski definition) is 3. The Morgan fingerprint density at radius 2 is 2.00 bits per heavy atom. The van der Waals surface area contributed by atoms with Crippen LogP contribution in [0.1, 0.15) is 32.3 Å². The molecule has 1 aliphatic rings. The van der Waals surface area contributed by atoms with Gasteiger partial charge in [0, 0.05) is 12.6 Å². The van der Waals surface area contributed by atoms with Crippen molar-refractivity contribution >= 4 is 11.6 Å². The number of nitrogens with two attached hydrogens (primary N) is 1. The molecule has 0 saturated heterocycles. The molecule has 2 N–H and O–H groups in total. The fourth-order valence-electron chi connectivity index (χ4n) is 2.00. The standard InChI is InChI=1S/C13H18F3N3/c1-8(2)19(7-9-3-4-9)12-6-10(13(14,15)16)5-11(17)18-12/h5-6,8-9H,3-4,7H2,1-2H3,(H2,17,18). The number of pyridine rings is 1. The van der Waals surface area contributed by atoms with Gasteiger partial charge < -0.3 is 10.6 Å². The predicted octanol–water partition coefficient (Wildman–Crippen LogP) is 3.31. The molecule has 2 rings (SSSR count). The van der Waals surface area contributed by atoms with E-state index in [9.17, 15) is 13.2 Å². The van der Waals surface area contributed by atoms with Crippen LogP contribution in [0.3, 0.4) is 0 Å². The van der Waals surface area contributed by atoms with E-state index in [-0.39, 0.29) is 11.9 Å². The van der Waals surface area contributed by atoms with Crippen LogP contribution in [0.4, 0.5) is 24.8 Å². The Kier molecular flexibility index (Phi) is 3.60. The van der Waals surface area contributed by atoms with Crippen molar-refractivity contribution < 1.29 is 13.2 Å². The zero-order valence-corrected chi connectivity index (χ0v) is 11.0. The van der Waals surface area contributed by atoms with Crippen LogP contribution in [0.2, 0.25) is 0 Å². The molecule has 1 heterocycles. The number of aromatic nitrogens is 1. The van der Waals surface area contributed by atoms with Crippen LogP contribution in [-0.2, 0) is 6.18 Å². The lowest BCUT2D eigenvalue weighted by atomic mass is 10.2. The number of hydrogen-bond donors (Lipinski definition) is 1. The Morgan fingerprint density at radius 3 is 2.47 bits per heavy atom. The maximum absolute atomic E-state index is 12.8. The van der Waals surface area contributed by atoms with Crippen molar-refractivity contribution in [2.75, 3.05) is 17.2 Å². The monoisotopic (exact) mass is 273 g/mol. The molecule has 0 atom stereocenters. The SMILES string of the molecule is CC(C)N(CC1CC1)c1cc(C(F)(F)F)cc(N)n1. The Labute approximate surface area is 110 Å². The molecule has 6 heteroatoms. The van der Waals surface area contributed by atoms with Crippen LogP contribution in [0, 0.1) is 5.92 Å². The predicted molar refractivity (Wildman–Crippen MR) is 68.9 cm³/mol. The third kappa shape index (κ3) is 3.52. The number of rotatable bonds is 4. The number of nitrogen functional groups attached to an aromatic ring is 1. The van der Waals surface area contributed by atoms with Gasteiger partial charge in [-0.05, 0) is 44.7 Å². The molecular formula is C13H18F3N3. The summed E-state index contributed by atoms with van der Waals surface area (Å²) in [6.07, 6.45) is -2.12. The summed E-state index contributed by atoms with van der Waals surface area (Å²) in [5, 5.41) is 0. The molecular weight excluding hydrogens is 255 g/mol. The summed E-state index contributed by atoms with van der Waals surface area (Å²) < 4.78 is 38.4. The highest BCUT2D eigenvalue weighted by Gasteiger charge is 2.33. The molecule has 0 amide bonds. The quantitative estimate of drug-likeness (QED) is 0.915. The van der Waals surface area contributed by atoms with Crippen molar-refractivity contribution in [1.29, 1.82) is 0 Å². The molecule has 19 heavy (non-hydrogen) atoms. The first-order chi connectivity index (χ1) is 8.77. The third-order valence-electron chi connectivity index (χ3n) is 3.23. The molecule has 106 valence electrons. The fraction of sp³-hybridized carbons (Fsp3) is 0.615.